The lowest BCUT2D eigenvalue weighted by Gasteiger charge is -2.30. The maximum absolute atomic E-state index is 12.7. The van der Waals surface area contributed by atoms with E-state index in [2.05, 4.69) is 5.32 Å². The average Bonchev–Trinajstić information content (AvgIpc) is 2.56. The van der Waals surface area contributed by atoms with E-state index in [4.69, 9.17) is 32.7 Å². The molecule has 0 saturated carbocycles. The second-order valence-corrected chi connectivity index (χ2v) is 6.58. The van der Waals surface area contributed by atoms with Crippen LogP contribution < -0.4 is 5.32 Å². The lowest BCUT2D eigenvalue weighted by molar-refractivity contribution is -0.140. The number of carbonyl (C=O) groups excluding carboxylic acids is 1. The SMILES string of the molecule is COCCOC(=O)C1=C(C)NC(C)=C(C(=O)O)C1c1cc(Cl)ccc1Cl. The topological polar surface area (TPSA) is 84.9 Å². The molecule has 0 spiro atoms. The first-order valence-electron chi connectivity index (χ1n) is 7.80. The number of rotatable bonds is 6. The first-order chi connectivity index (χ1) is 12.3. The van der Waals surface area contributed by atoms with Crippen LogP contribution in [0.5, 0.6) is 0 Å². The van der Waals surface area contributed by atoms with Crippen molar-refractivity contribution in [1.82, 2.24) is 5.32 Å². The van der Waals surface area contributed by atoms with Gasteiger partial charge < -0.3 is 19.9 Å². The van der Waals surface area contributed by atoms with Crippen LogP contribution in [0.1, 0.15) is 25.3 Å². The molecule has 0 radical (unpaired) electrons. The Balaban J connectivity index is 2.59. The highest BCUT2D eigenvalue weighted by molar-refractivity contribution is 6.33. The monoisotopic (exact) mass is 399 g/mol. The van der Waals surface area contributed by atoms with Crippen molar-refractivity contribution in [2.75, 3.05) is 20.3 Å². The van der Waals surface area contributed by atoms with Crippen molar-refractivity contribution in [3.05, 3.63) is 56.3 Å². The van der Waals surface area contributed by atoms with Gasteiger partial charge in [-0.2, -0.15) is 0 Å². The summed E-state index contributed by atoms with van der Waals surface area (Å²) in [5, 5.41) is 13.4. The van der Waals surface area contributed by atoms with E-state index in [-0.39, 0.29) is 24.4 Å². The van der Waals surface area contributed by atoms with E-state index in [1.807, 2.05) is 0 Å². The van der Waals surface area contributed by atoms with Gasteiger partial charge in [-0.25, -0.2) is 9.59 Å². The Labute approximate surface area is 161 Å². The zero-order valence-corrected chi connectivity index (χ0v) is 16.1. The van der Waals surface area contributed by atoms with Crippen LogP contribution in [0.15, 0.2) is 40.7 Å². The number of allylic oxidation sites excluding steroid dienone is 2. The molecule has 6 nitrogen and oxygen atoms in total. The molecule has 1 aliphatic heterocycles. The molecule has 1 aliphatic rings. The van der Waals surface area contributed by atoms with Crippen molar-refractivity contribution in [2.24, 2.45) is 0 Å². The van der Waals surface area contributed by atoms with Gasteiger partial charge in [0.05, 0.1) is 23.7 Å². The molecule has 0 aliphatic carbocycles. The molecule has 1 aromatic carbocycles. The van der Waals surface area contributed by atoms with Crippen molar-refractivity contribution in [2.45, 2.75) is 19.8 Å². The number of benzene rings is 1. The minimum Gasteiger partial charge on any atom is -0.478 e. The standard InChI is InChI=1S/C18H19Cl2NO5/c1-9-14(17(22)23)16(12-8-11(19)4-5-13(12)20)15(10(2)21-9)18(24)26-7-6-25-3/h4-5,8,16,21H,6-7H2,1-3H3,(H,22,23). The molecule has 0 saturated heterocycles. The summed E-state index contributed by atoms with van der Waals surface area (Å²) in [5.41, 5.74) is 1.53. The van der Waals surface area contributed by atoms with Crippen LogP contribution in [0.25, 0.3) is 0 Å². The molecule has 1 unspecified atom stereocenters. The van der Waals surface area contributed by atoms with E-state index in [1.54, 1.807) is 32.0 Å². The fraction of sp³-hybridized carbons (Fsp3) is 0.333. The number of ether oxygens (including phenoxy) is 2. The van der Waals surface area contributed by atoms with Gasteiger partial charge >= 0.3 is 11.9 Å². The number of aliphatic carboxylic acids is 1. The fourth-order valence-corrected chi connectivity index (χ4v) is 3.30. The van der Waals surface area contributed by atoms with Crippen LogP contribution in [0.2, 0.25) is 10.0 Å². The second-order valence-electron chi connectivity index (χ2n) is 5.74. The van der Waals surface area contributed by atoms with E-state index in [9.17, 15) is 14.7 Å². The van der Waals surface area contributed by atoms with Gasteiger partial charge in [0.15, 0.2) is 0 Å². The van der Waals surface area contributed by atoms with E-state index < -0.39 is 17.9 Å². The summed E-state index contributed by atoms with van der Waals surface area (Å²) < 4.78 is 10.1. The van der Waals surface area contributed by atoms with Crippen molar-refractivity contribution in [3.63, 3.8) is 0 Å². The second kappa shape index (κ2) is 8.58. The van der Waals surface area contributed by atoms with Crippen LogP contribution in [-0.2, 0) is 19.1 Å². The van der Waals surface area contributed by atoms with Crippen LogP contribution in [0.3, 0.4) is 0 Å². The van der Waals surface area contributed by atoms with Gasteiger partial charge in [0, 0.05) is 28.5 Å². The average molecular weight is 400 g/mol. The number of dihydropyridines is 1. The van der Waals surface area contributed by atoms with Crippen molar-refractivity contribution in [1.29, 1.82) is 0 Å². The molecule has 0 amide bonds. The molecule has 2 N–H and O–H groups in total. The lowest BCUT2D eigenvalue weighted by Crippen LogP contribution is -2.32. The van der Waals surface area contributed by atoms with Crippen molar-refractivity contribution < 1.29 is 24.2 Å². The van der Waals surface area contributed by atoms with Gasteiger partial charge in [-0.3, -0.25) is 0 Å². The number of halogens is 2. The van der Waals surface area contributed by atoms with Crippen LogP contribution in [-0.4, -0.2) is 37.4 Å². The molecule has 1 heterocycles. The van der Waals surface area contributed by atoms with E-state index in [1.165, 1.54) is 7.11 Å². The number of methoxy groups -OCH3 is 1. The van der Waals surface area contributed by atoms with Gasteiger partial charge in [0.1, 0.15) is 6.61 Å². The summed E-state index contributed by atoms with van der Waals surface area (Å²) in [6.07, 6.45) is 0. The van der Waals surface area contributed by atoms with Crippen molar-refractivity contribution in [3.8, 4) is 0 Å². The fourth-order valence-electron chi connectivity index (χ4n) is 2.89. The van der Waals surface area contributed by atoms with Crippen LogP contribution >= 0.6 is 23.2 Å². The van der Waals surface area contributed by atoms with Crippen LogP contribution in [0, 0.1) is 0 Å². The highest BCUT2D eigenvalue weighted by atomic mass is 35.5. The number of nitrogens with one attached hydrogen (secondary N) is 1. The summed E-state index contributed by atoms with van der Waals surface area (Å²) in [6, 6.07) is 4.73. The highest BCUT2D eigenvalue weighted by Gasteiger charge is 2.38. The Morgan fingerprint density at radius 2 is 1.81 bits per heavy atom. The largest absolute Gasteiger partial charge is 0.478 e. The normalized spacial score (nSPS) is 17.2. The Bertz CT molecular complexity index is 801. The molecule has 0 fully saturated rings. The highest BCUT2D eigenvalue weighted by Crippen LogP contribution is 2.42. The summed E-state index contributed by atoms with van der Waals surface area (Å²) >= 11 is 12.4. The smallest absolute Gasteiger partial charge is 0.336 e. The number of carboxylic acids is 1. The third-order valence-electron chi connectivity index (χ3n) is 4.00. The van der Waals surface area contributed by atoms with Gasteiger partial charge in [0.25, 0.3) is 0 Å². The minimum atomic E-state index is -1.16. The number of carboxylic acid groups (broad SMARTS) is 1. The van der Waals surface area contributed by atoms with E-state index >= 15 is 0 Å². The Morgan fingerprint density at radius 1 is 1.15 bits per heavy atom. The molecule has 0 bridgehead atoms. The van der Waals surface area contributed by atoms with E-state index in [0.29, 0.717) is 27.0 Å². The number of carbonyl (C=O) groups is 2. The Kier molecular flexibility index (Phi) is 6.69. The van der Waals surface area contributed by atoms with Gasteiger partial charge in [0.2, 0.25) is 0 Å². The van der Waals surface area contributed by atoms with Crippen molar-refractivity contribution >= 4 is 35.1 Å². The first kappa shape index (κ1) is 20.3. The molecule has 8 heteroatoms. The molecular weight excluding hydrogens is 381 g/mol. The first-order valence-corrected chi connectivity index (χ1v) is 8.56. The van der Waals surface area contributed by atoms with E-state index in [0.717, 1.165) is 0 Å². The Hall–Kier alpha value is -2.02. The maximum Gasteiger partial charge on any atom is 0.336 e. The molecule has 0 aromatic heterocycles. The third kappa shape index (κ3) is 4.20. The molecular formula is C18H19Cl2NO5. The van der Waals surface area contributed by atoms with Gasteiger partial charge in [-0.15, -0.1) is 0 Å². The zero-order chi connectivity index (χ0) is 19.4. The summed E-state index contributed by atoms with van der Waals surface area (Å²) in [4.78, 5) is 24.6. The summed E-state index contributed by atoms with van der Waals surface area (Å²) in [5.74, 6) is -2.71. The molecule has 1 aromatic rings. The van der Waals surface area contributed by atoms with Gasteiger partial charge in [-0.1, -0.05) is 23.2 Å². The maximum atomic E-state index is 12.7. The molecule has 1 atom stereocenters. The van der Waals surface area contributed by atoms with Crippen LogP contribution in [0.4, 0.5) is 0 Å². The zero-order valence-electron chi connectivity index (χ0n) is 14.6. The number of esters is 1. The molecule has 26 heavy (non-hydrogen) atoms. The Morgan fingerprint density at radius 3 is 2.42 bits per heavy atom. The number of hydrogen-bond acceptors (Lipinski definition) is 5. The minimum absolute atomic E-state index is 0.0125. The predicted octanol–water partition coefficient (Wildman–Crippen LogP) is 3.50. The lowest BCUT2D eigenvalue weighted by atomic mass is 9.80. The third-order valence-corrected chi connectivity index (χ3v) is 4.58. The quantitative estimate of drug-likeness (QED) is 0.562. The summed E-state index contributed by atoms with van der Waals surface area (Å²) in [7, 11) is 1.49. The molecule has 140 valence electrons. The number of hydrogen-bond donors (Lipinski definition) is 2. The molecule has 2 rings (SSSR count). The predicted molar refractivity (Wildman–Crippen MR) is 98.2 cm³/mol. The van der Waals surface area contributed by atoms with Gasteiger partial charge in [-0.05, 0) is 37.6 Å². The summed E-state index contributed by atoms with van der Waals surface area (Å²) in [6.45, 7) is 3.59.